The highest BCUT2D eigenvalue weighted by Crippen LogP contribution is 2.32. The van der Waals surface area contributed by atoms with Gasteiger partial charge in [-0.25, -0.2) is 14.3 Å². The Bertz CT molecular complexity index is 1590. The van der Waals surface area contributed by atoms with Gasteiger partial charge in [0.1, 0.15) is 5.69 Å². The number of amides is 2. The Morgan fingerprint density at radius 3 is 2.38 bits per heavy atom. The second kappa shape index (κ2) is 11.1. The Morgan fingerprint density at radius 1 is 1.02 bits per heavy atom. The van der Waals surface area contributed by atoms with Gasteiger partial charge in [-0.1, -0.05) is 40.0 Å². The van der Waals surface area contributed by atoms with Crippen molar-refractivity contribution in [2.75, 3.05) is 5.32 Å². The average Bonchev–Trinajstić information content (AvgIpc) is 3.47. The van der Waals surface area contributed by atoms with Crippen molar-refractivity contribution in [2.45, 2.75) is 39.0 Å². The van der Waals surface area contributed by atoms with Crippen LogP contribution in [0.15, 0.2) is 42.7 Å². The van der Waals surface area contributed by atoms with E-state index in [-0.39, 0.29) is 50.1 Å². The molecule has 4 aromatic rings. The van der Waals surface area contributed by atoms with E-state index in [2.05, 4.69) is 31.0 Å². The largest absolute Gasteiger partial charge is 0.436 e. The van der Waals surface area contributed by atoms with Gasteiger partial charge >= 0.3 is 6.18 Å². The number of nitrogens with one attached hydrogen (secondary N) is 2. The second-order valence-electron chi connectivity index (χ2n) is 9.51. The van der Waals surface area contributed by atoms with Crippen LogP contribution >= 0.6 is 34.8 Å². The van der Waals surface area contributed by atoms with Crippen molar-refractivity contribution in [3.63, 3.8) is 0 Å². The number of halogens is 6. The molecule has 2 N–H and O–H groups in total. The normalized spacial score (nSPS) is 11.9. The quantitative estimate of drug-likeness (QED) is 0.289. The molecule has 10 nitrogen and oxygen atoms in total. The maximum atomic E-state index is 13.6. The zero-order valence-corrected chi connectivity index (χ0v) is 23.3. The molecule has 0 radical (unpaired) electrons. The molecule has 0 aliphatic heterocycles. The molecular formula is C24H20Cl3F3N8O2. The minimum absolute atomic E-state index is 0.00484. The summed E-state index contributed by atoms with van der Waals surface area (Å²) in [6.07, 6.45) is -2.55. The molecule has 210 valence electrons. The zero-order valence-electron chi connectivity index (χ0n) is 21.0. The Morgan fingerprint density at radius 2 is 1.75 bits per heavy atom. The van der Waals surface area contributed by atoms with Gasteiger partial charge in [0, 0.05) is 16.8 Å². The second-order valence-corrected chi connectivity index (χ2v) is 10.8. The van der Waals surface area contributed by atoms with Crippen molar-refractivity contribution >= 4 is 52.3 Å². The van der Waals surface area contributed by atoms with Gasteiger partial charge in [-0.3, -0.25) is 9.59 Å². The van der Waals surface area contributed by atoms with E-state index in [0.717, 1.165) is 9.36 Å². The number of nitrogens with zero attached hydrogens (tertiary/aromatic N) is 6. The van der Waals surface area contributed by atoms with Crippen molar-refractivity contribution in [3.8, 4) is 5.82 Å². The fraction of sp³-hybridized carbons (Fsp3) is 0.250. The smallest absolute Gasteiger partial charge is 0.347 e. The van der Waals surface area contributed by atoms with Crippen LogP contribution in [-0.4, -0.2) is 47.1 Å². The third kappa shape index (κ3) is 6.72. The molecule has 0 aliphatic rings. The standard InChI is InChI=1S/C24H20Cl3F3N8O2/c1-23(2,3)33-21(39)14-7-12(25)8-16(27)19(14)32-22(40)17-9-13(10-37-11-18(34-36-37)24(28,29)30)35-38(17)20-15(26)5-4-6-31-20/h4-9,11H,10H2,1-3H3,(H,32,40)(H,33,39). The van der Waals surface area contributed by atoms with E-state index in [4.69, 9.17) is 34.8 Å². The van der Waals surface area contributed by atoms with Gasteiger partial charge in [0.05, 0.1) is 39.7 Å². The van der Waals surface area contributed by atoms with Crippen LogP contribution in [-0.2, 0) is 12.7 Å². The highest BCUT2D eigenvalue weighted by molar-refractivity contribution is 6.38. The van der Waals surface area contributed by atoms with Crippen LogP contribution in [0.3, 0.4) is 0 Å². The van der Waals surface area contributed by atoms with Crippen molar-refractivity contribution in [3.05, 3.63) is 80.4 Å². The minimum atomic E-state index is -4.68. The van der Waals surface area contributed by atoms with Crippen LogP contribution < -0.4 is 10.6 Å². The summed E-state index contributed by atoms with van der Waals surface area (Å²) in [6.45, 7) is 5.07. The summed E-state index contributed by atoms with van der Waals surface area (Å²) < 4.78 is 40.9. The van der Waals surface area contributed by atoms with E-state index in [9.17, 15) is 22.8 Å². The highest BCUT2D eigenvalue weighted by atomic mass is 35.5. The molecule has 0 aliphatic carbocycles. The fourth-order valence-electron chi connectivity index (χ4n) is 3.50. The van der Waals surface area contributed by atoms with E-state index < -0.39 is 29.2 Å². The van der Waals surface area contributed by atoms with E-state index in [1.54, 1.807) is 26.8 Å². The maximum absolute atomic E-state index is 13.6. The number of benzene rings is 1. The Kier molecular flexibility index (Phi) is 8.11. The van der Waals surface area contributed by atoms with Crippen LogP contribution in [0, 0.1) is 0 Å². The highest BCUT2D eigenvalue weighted by Gasteiger charge is 2.34. The first-order chi connectivity index (χ1) is 18.6. The number of pyridine rings is 1. The van der Waals surface area contributed by atoms with Gasteiger partial charge in [-0.2, -0.15) is 18.3 Å². The Balaban J connectivity index is 1.74. The first-order valence-corrected chi connectivity index (χ1v) is 12.6. The lowest BCUT2D eigenvalue weighted by Gasteiger charge is -2.22. The number of aromatic nitrogens is 6. The first kappa shape index (κ1) is 29.3. The fourth-order valence-corrected chi connectivity index (χ4v) is 4.24. The molecule has 0 bridgehead atoms. The van der Waals surface area contributed by atoms with Crippen LogP contribution in [0.1, 0.15) is 53.0 Å². The van der Waals surface area contributed by atoms with E-state index >= 15 is 0 Å². The Hall–Kier alpha value is -3.68. The zero-order chi connectivity index (χ0) is 29.4. The maximum Gasteiger partial charge on any atom is 0.436 e. The minimum Gasteiger partial charge on any atom is -0.347 e. The molecule has 0 unspecified atom stereocenters. The van der Waals surface area contributed by atoms with Crippen molar-refractivity contribution in [1.29, 1.82) is 0 Å². The van der Waals surface area contributed by atoms with Crippen LogP contribution in [0.2, 0.25) is 15.1 Å². The lowest BCUT2D eigenvalue weighted by molar-refractivity contribution is -0.141. The topological polar surface area (TPSA) is 120 Å². The lowest BCUT2D eigenvalue weighted by Crippen LogP contribution is -2.41. The molecule has 0 atom stereocenters. The van der Waals surface area contributed by atoms with E-state index in [1.807, 2.05) is 0 Å². The number of anilines is 1. The van der Waals surface area contributed by atoms with Crippen LogP contribution in [0.4, 0.5) is 18.9 Å². The third-order valence-electron chi connectivity index (χ3n) is 5.11. The molecule has 0 spiro atoms. The van der Waals surface area contributed by atoms with E-state index in [1.165, 1.54) is 30.5 Å². The molecule has 0 saturated heterocycles. The van der Waals surface area contributed by atoms with Gasteiger partial charge in [0.2, 0.25) is 0 Å². The van der Waals surface area contributed by atoms with Crippen LogP contribution in [0.5, 0.6) is 0 Å². The number of rotatable bonds is 6. The molecule has 0 fully saturated rings. The number of hydrogen-bond donors (Lipinski definition) is 2. The third-order valence-corrected chi connectivity index (χ3v) is 5.92. The van der Waals surface area contributed by atoms with Gasteiger partial charge in [0.25, 0.3) is 11.8 Å². The van der Waals surface area contributed by atoms with Crippen molar-refractivity contribution in [2.24, 2.45) is 0 Å². The molecule has 1 aromatic carbocycles. The molecule has 3 heterocycles. The van der Waals surface area contributed by atoms with Gasteiger partial charge in [-0.05, 0) is 51.1 Å². The SMILES string of the molecule is CC(C)(C)NC(=O)c1cc(Cl)cc(Cl)c1NC(=O)c1cc(Cn2cc(C(F)(F)F)nn2)nn1-c1ncccc1Cl. The number of carbonyl (C=O) groups is 2. The molecule has 40 heavy (non-hydrogen) atoms. The molecule has 3 aromatic heterocycles. The summed E-state index contributed by atoms with van der Waals surface area (Å²) in [4.78, 5) is 30.7. The number of hydrogen-bond acceptors (Lipinski definition) is 6. The molecule has 2 amide bonds. The van der Waals surface area contributed by atoms with Gasteiger partial charge in [-0.15, -0.1) is 5.10 Å². The van der Waals surface area contributed by atoms with E-state index in [0.29, 0.717) is 6.20 Å². The predicted molar refractivity (Wildman–Crippen MR) is 142 cm³/mol. The summed E-state index contributed by atoms with van der Waals surface area (Å²) in [5.41, 5.74) is -1.78. The monoisotopic (exact) mass is 614 g/mol. The van der Waals surface area contributed by atoms with Gasteiger partial charge < -0.3 is 10.6 Å². The van der Waals surface area contributed by atoms with Gasteiger partial charge in [0.15, 0.2) is 11.5 Å². The van der Waals surface area contributed by atoms with Crippen LogP contribution in [0.25, 0.3) is 5.82 Å². The first-order valence-electron chi connectivity index (χ1n) is 11.4. The summed E-state index contributed by atoms with van der Waals surface area (Å²) in [6, 6.07) is 7.11. The number of alkyl halides is 3. The lowest BCUT2D eigenvalue weighted by atomic mass is 10.1. The molecule has 4 rings (SSSR count). The summed E-state index contributed by atoms with van der Waals surface area (Å²) in [7, 11) is 0. The number of carbonyl (C=O) groups excluding carboxylic acids is 2. The average molecular weight is 616 g/mol. The predicted octanol–water partition coefficient (Wildman–Crippen LogP) is 5.67. The summed E-state index contributed by atoms with van der Waals surface area (Å²) in [5, 5.41) is 16.6. The summed E-state index contributed by atoms with van der Waals surface area (Å²) >= 11 is 18.8. The molecule has 0 saturated carbocycles. The van der Waals surface area contributed by atoms with Crippen molar-refractivity contribution in [1.82, 2.24) is 35.1 Å². The Labute approximate surface area is 240 Å². The summed E-state index contributed by atoms with van der Waals surface area (Å²) in [5.74, 6) is -1.24. The molecular weight excluding hydrogens is 596 g/mol. The van der Waals surface area contributed by atoms with Crippen molar-refractivity contribution < 1.29 is 22.8 Å². The molecule has 16 heteroatoms.